The summed E-state index contributed by atoms with van der Waals surface area (Å²) in [7, 11) is 0. The second-order valence-electron chi connectivity index (χ2n) is 9.17. The number of carbonyl (C=O) groups excluding carboxylic acids is 1. The second-order valence-corrected chi connectivity index (χ2v) is 9.17. The van der Waals surface area contributed by atoms with Crippen LogP contribution in [0.25, 0.3) is 0 Å². The Kier molecular flexibility index (Phi) is 8.71. The van der Waals surface area contributed by atoms with E-state index in [1.807, 2.05) is 12.1 Å². The van der Waals surface area contributed by atoms with Gasteiger partial charge < -0.3 is 10.1 Å². The molecule has 5 nitrogen and oxygen atoms in total. The minimum absolute atomic E-state index is 0.0280. The summed E-state index contributed by atoms with van der Waals surface area (Å²) in [5.74, 6) is 0.822. The van der Waals surface area contributed by atoms with Crippen LogP contribution in [0.1, 0.15) is 40.7 Å². The van der Waals surface area contributed by atoms with Crippen LogP contribution >= 0.6 is 0 Å². The molecule has 32 heavy (non-hydrogen) atoms. The van der Waals surface area contributed by atoms with Gasteiger partial charge in [0, 0.05) is 31.7 Å². The van der Waals surface area contributed by atoms with E-state index >= 15 is 0 Å². The van der Waals surface area contributed by atoms with Crippen LogP contribution in [-0.2, 0) is 17.7 Å². The highest BCUT2D eigenvalue weighted by atomic mass is 16.5. The van der Waals surface area contributed by atoms with Gasteiger partial charge >= 0.3 is 0 Å². The van der Waals surface area contributed by atoms with Crippen molar-refractivity contribution in [3.63, 3.8) is 0 Å². The first-order valence-electron chi connectivity index (χ1n) is 12.2. The maximum absolute atomic E-state index is 12.4. The third kappa shape index (κ3) is 7.16. The Hall–Kier alpha value is -2.21. The number of hydrogen-bond donors (Lipinski definition) is 1. The number of benzene rings is 2. The summed E-state index contributed by atoms with van der Waals surface area (Å²) in [6, 6.07) is 19.0. The molecule has 2 aliphatic rings. The van der Waals surface area contributed by atoms with Gasteiger partial charge in [-0.25, -0.2) is 0 Å². The Morgan fingerprint density at radius 2 is 1.59 bits per heavy atom. The van der Waals surface area contributed by atoms with E-state index in [1.165, 1.54) is 30.4 Å². The van der Waals surface area contributed by atoms with Crippen LogP contribution in [0.3, 0.4) is 0 Å². The molecule has 0 saturated carbocycles. The molecule has 172 valence electrons. The van der Waals surface area contributed by atoms with E-state index in [0.717, 1.165) is 76.9 Å². The summed E-state index contributed by atoms with van der Waals surface area (Å²) in [5.41, 5.74) is 3.50. The van der Waals surface area contributed by atoms with Crippen molar-refractivity contribution in [3.8, 4) is 0 Å². The van der Waals surface area contributed by atoms with Crippen molar-refractivity contribution in [1.82, 2.24) is 15.1 Å². The van der Waals surface area contributed by atoms with Crippen molar-refractivity contribution in [2.45, 2.75) is 32.2 Å². The number of ether oxygens (including phenoxy) is 1. The summed E-state index contributed by atoms with van der Waals surface area (Å²) in [4.78, 5) is 17.4. The number of amides is 1. The minimum atomic E-state index is 0.0280. The lowest BCUT2D eigenvalue weighted by Crippen LogP contribution is -2.38. The number of carbonyl (C=O) groups is 1. The standard InChI is InChI=1S/C27H37N3O2/c31-27(28-13-4-14-29-17-19-32-20-18-29)26-9-7-25(8-10-26)22-30-15-11-24(12-16-30)21-23-5-2-1-3-6-23/h1-3,5-10,24H,4,11-22H2,(H,28,31). The fraction of sp³-hybridized carbons (Fsp3) is 0.519. The molecule has 1 N–H and O–H groups in total. The molecule has 0 aliphatic carbocycles. The molecule has 4 rings (SSSR count). The van der Waals surface area contributed by atoms with E-state index in [2.05, 4.69) is 57.6 Å². The number of piperidine rings is 1. The monoisotopic (exact) mass is 435 g/mol. The molecule has 2 saturated heterocycles. The largest absolute Gasteiger partial charge is 0.379 e. The van der Waals surface area contributed by atoms with Gasteiger partial charge in [-0.3, -0.25) is 14.6 Å². The third-order valence-electron chi connectivity index (χ3n) is 6.74. The lowest BCUT2D eigenvalue weighted by Gasteiger charge is -2.32. The molecule has 0 radical (unpaired) electrons. The molecule has 2 fully saturated rings. The molecule has 0 atom stereocenters. The number of nitrogens with zero attached hydrogens (tertiary/aromatic N) is 2. The Labute approximate surface area is 192 Å². The van der Waals surface area contributed by atoms with Gasteiger partial charge in [0.1, 0.15) is 0 Å². The zero-order valence-electron chi connectivity index (χ0n) is 19.2. The van der Waals surface area contributed by atoms with Crippen molar-refractivity contribution < 1.29 is 9.53 Å². The molecule has 1 amide bonds. The van der Waals surface area contributed by atoms with E-state index < -0.39 is 0 Å². The number of nitrogens with one attached hydrogen (secondary N) is 1. The molecule has 0 bridgehead atoms. The van der Waals surface area contributed by atoms with Crippen LogP contribution < -0.4 is 5.32 Å². The molecular formula is C27H37N3O2. The van der Waals surface area contributed by atoms with E-state index in [9.17, 15) is 4.79 Å². The highest BCUT2D eigenvalue weighted by Gasteiger charge is 2.19. The van der Waals surface area contributed by atoms with Gasteiger partial charge in [-0.05, 0) is 74.5 Å². The van der Waals surface area contributed by atoms with Gasteiger partial charge in [-0.1, -0.05) is 42.5 Å². The SMILES string of the molecule is O=C(NCCCN1CCOCC1)c1ccc(CN2CCC(Cc3ccccc3)CC2)cc1. The van der Waals surface area contributed by atoms with Gasteiger partial charge in [0.05, 0.1) is 13.2 Å². The first-order chi connectivity index (χ1) is 15.8. The molecule has 0 aromatic heterocycles. The third-order valence-corrected chi connectivity index (χ3v) is 6.74. The smallest absolute Gasteiger partial charge is 0.251 e. The molecule has 2 aromatic rings. The van der Waals surface area contributed by atoms with Crippen LogP contribution in [0.2, 0.25) is 0 Å². The van der Waals surface area contributed by atoms with Crippen molar-refractivity contribution in [2.24, 2.45) is 5.92 Å². The van der Waals surface area contributed by atoms with Crippen LogP contribution in [0.4, 0.5) is 0 Å². The summed E-state index contributed by atoms with van der Waals surface area (Å²) in [6.45, 7) is 8.67. The normalized spacial score (nSPS) is 18.5. The minimum Gasteiger partial charge on any atom is -0.379 e. The number of rotatable bonds is 9. The van der Waals surface area contributed by atoms with E-state index in [1.54, 1.807) is 0 Å². The Bertz CT molecular complexity index is 811. The van der Waals surface area contributed by atoms with Gasteiger partial charge in [-0.2, -0.15) is 0 Å². The Morgan fingerprint density at radius 3 is 2.31 bits per heavy atom. The second kappa shape index (κ2) is 12.1. The quantitative estimate of drug-likeness (QED) is 0.612. The number of morpholine rings is 1. The predicted octanol–water partition coefficient (Wildman–Crippen LogP) is 3.59. The molecule has 0 unspecified atom stereocenters. The van der Waals surface area contributed by atoms with Gasteiger partial charge in [0.25, 0.3) is 5.91 Å². The molecule has 2 aromatic carbocycles. The summed E-state index contributed by atoms with van der Waals surface area (Å²) < 4.78 is 5.37. The fourth-order valence-electron chi connectivity index (χ4n) is 4.75. The van der Waals surface area contributed by atoms with E-state index in [4.69, 9.17) is 4.74 Å². The summed E-state index contributed by atoms with van der Waals surface area (Å²) in [5, 5.41) is 3.06. The topological polar surface area (TPSA) is 44.8 Å². The fourth-order valence-corrected chi connectivity index (χ4v) is 4.75. The zero-order chi connectivity index (χ0) is 22.0. The summed E-state index contributed by atoms with van der Waals surface area (Å²) >= 11 is 0. The highest BCUT2D eigenvalue weighted by Crippen LogP contribution is 2.23. The zero-order valence-corrected chi connectivity index (χ0v) is 19.2. The maximum atomic E-state index is 12.4. The van der Waals surface area contributed by atoms with Crippen LogP contribution in [-0.4, -0.2) is 68.2 Å². The van der Waals surface area contributed by atoms with Crippen LogP contribution in [0, 0.1) is 5.92 Å². The van der Waals surface area contributed by atoms with Crippen LogP contribution in [0.15, 0.2) is 54.6 Å². The average molecular weight is 436 g/mol. The predicted molar refractivity (Wildman–Crippen MR) is 129 cm³/mol. The van der Waals surface area contributed by atoms with Crippen molar-refractivity contribution in [3.05, 3.63) is 71.3 Å². The lowest BCUT2D eigenvalue weighted by molar-refractivity contribution is 0.0374. The van der Waals surface area contributed by atoms with Crippen LogP contribution in [0.5, 0.6) is 0 Å². The van der Waals surface area contributed by atoms with Gasteiger partial charge in [0.15, 0.2) is 0 Å². The van der Waals surface area contributed by atoms with Crippen molar-refractivity contribution in [2.75, 3.05) is 52.5 Å². The Balaban J connectivity index is 1.14. The first kappa shape index (κ1) is 23.0. The lowest BCUT2D eigenvalue weighted by atomic mass is 9.90. The van der Waals surface area contributed by atoms with Crippen molar-refractivity contribution in [1.29, 1.82) is 0 Å². The summed E-state index contributed by atoms with van der Waals surface area (Å²) in [6.07, 6.45) is 4.70. The number of hydrogen-bond acceptors (Lipinski definition) is 4. The van der Waals surface area contributed by atoms with E-state index in [0.29, 0.717) is 0 Å². The number of likely N-dealkylation sites (tertiary alicyclic amines) is 1. The molecule has 2 aliphatic heterocycles. The molecule has 5 heteroatoms. The Morgan fingerprint density at radius 1 is 0.875 bits per heavy atom. The van der Waals surface area contributed by atoms with Gasteiger partial charge in [-0.15, -0.1) is 0 Å². The van der Waals surface area contributed by atoms with Crippen molar-refractivity contribution >= 4 is 5.91 Å². The van der Waals surface area contributed by atoms with E-state index in [-0.39, 0.29) is 5.91 Å². The molecule has 0 spiro atoms. The van der Waals surface area contributed by atoms with Gasteiger partial charge in [0.2, 0.25) is 0 Å². The first-order valence-corrected chi connectivity index (χ1v) is 12.2. The molecular weight excluding hydrogens is 398 g/mol. The highest BCUT2D eigenvalue weighted by molar-refractivity contribution is 5.94. The molecule has 2 heterocycles. The average Bonchev–Trinajstić information content (AvgIpc) is 2.85. The maximum Gasteiger partial charge on any atom is 0.251 e.